The molecule has 0 aliphatic carbocycles. The second-order valence-corrected chi connectivity index (χ2v) is 4.13. The van der Waals surface area contributed by atoms with Crippen molar-refractivity contribution < 1.29 is 9.90 Å². The van der Waals surface area contributed by atoms with Gasteiger partial charge in [0.1, 0.15) is 5.38 Å². The van der Waals surface area contributed by atoms with Gasteiger partial charge in [-0.2, -0.15) is 0 Å². The van der Waals surface area contributed by atoms with Crippen LogP contribution in [0.1, 0.15) is 46.0 Å². The molecule has 0 radical (unpaired) electrons. The molecule has 0 aromatic heterocycles. The zero-order chi connectivity index (χ0) is 10.3. The first-order chi connectivity index (χ1) is 6.07. The lowest BCUT2D eigenvalue weighted by Gasteiger charge is -2.08. The van der Waals surface area contributed by atoms with E-state index in [2.05, 4.69) is 13.8 Å². The zero-order valence-electron chi connectivity index (χ0n) is 8.42. The SMILES string of the molecule is CCC(C)CCCCC(Cl)C(=O)O. The Morgan fingerprint density at radius 3 is 2.38 bits per heavy atom. The van der Waals surface area contributed by atoms with Gasteiger partial charge in [0, 0.05) is 0 Å². The van der Waals surface area contributed by atoms with E-state index in [4.69, 9.17) is 16.7 Å². The molecule has 0 saturated carbocycles. The minimum Gasteiger partial charge on any atom is -0.480 e. The van der Waals surface area contributed by atoms with Crippen LogP contribution in [0, 0.1) is 5.92 Å². The van der Waals surface area contributed by atoms with E-state index in [9.17, 15) is 4.79 Å². The number of rotatable bonds is 7. The average molecular weight is 207 g/mol. The number of halogens is 1. The van der Waals surface area contributed by atoms with Crippen LogP contribution in [0.5, 0.6) is 0 Å². The van der Waals surface area contributed by atoms with Crippen molar-refractivity contribution in [2.45, 2.75) is 51.3 Å². The van der Waals surface area contributed by atoms with Gasteiger partial charge in [0.15, 0.2) is 0 Å². The maximum absolute atomic E-state index is 10.4. The van der Waals surface area contributed by atoms with Crippen molar-refractivity contribution in [1.82, 2.24) is 0 Å². The van der Waals surface area contributed by atoms with Crippen LogP contribution in [0.15, 0.2) is 0 Å². The molecular formula is C10H19ClO2. The molecule has 0 aromatic carbocycles. The van der Waals surface area contributed by atoms with Gasteiger partial charge in [0.05, 0.1) is 0 Å². The summed E-state index contributed by atoms with van der Waals surface area (Å²) < 4.78 is 0. The Morgan fingerprint density at radius 1 is 1.38 bits per heavy atom. The van der Waals surface area contributed by atoms with Crippen LogP contribution in [0.4, 0.5) is 0 Å². The summed E-state index contributed by atoms with van der Waals surface area (Å²) in [5, 5.41) is 7.81. The van der Waals surface area contributed by atoms with Gasteiger partial charge in [0.25, 0.3) is 0 Å². The molecule has 3 heteroatoms. The van der Waals surface area contributed by atoms with E-state index < -0.39 is 11.3 Å². The number of hydrogen-bond acceptors (Lipinski definition) is 1. The van der Waals surface area contributed by atoms with Crippen molar-refractivity contribution in [2.24, 2.45) is 5.92 Å². The van der Waals surface area contributed by atoms with E-state index in [1.807, 2.05) is 0 Å². The van der Waals surface area contributed by atoms with Crippen LogP contribution >= 0.6 is 11.6 Å². The molecule has 78 valence electrons. The molecule has 0 spiro atoms. The zero-order valence-corrected chi connectivity index (χ0v) is 9.18. The van der Waals surface area contributed by atoms with Crippen molar-refractivity contribution in [3.05, 3.63) is 0 Å². The predicted octanol–water partition coefficient (Wildman–Crippen LogP) is 3.28. The fourth-order valence-corrected chi connectivity index (χ4v) is 1.30. The first-order valence-corrected chi connectivity index (χ1v) is 5.38. The summed E-state index contributed by atoms with van der Waals surface area (Å²) in [4.78, 5) is 10.4. The van der Waals surface area contributed by atoms with Crippen molar-refractivity contribution in [3.8, 4) is 0 Å². The highest BCUT2D eigenvalue weighted by Gasteiger charge is 2.12. The van der Waals surface area contributed by atoms with E-state index in [1.54, 1.807) is 0 Å². The van der Waals surface area contributed by atoms with E-state index in [0.717, 1.165) is 18.8 Å². The minimum atomic E-state index is -0.898. The lowest BCUT2D eigenvalue weighted by atomic mass is 10.0. The van der Waals surface area contributed by atoms with Gasteiger partial charge < -0.3 is 5.11 Å². The molecule has 0 saturated heterocycles. The van der Waals surface area contributed by atoms with E-state index in [1.165, 1.54) is 12.8 Å². The molecular weight excluding hydrogens is 188 g/mol. The normalized spacial score (nSPS) is 15.3. The number of aliphatic carboxylic acids is 1. The topological polar surface area (TPSA) is 37.3 Å². The Bertz CT molecular complexity index is 148. The third-order valence-electron chi connectivity index (χ3n) is 2.37. The van der Waals surface area contributed by atoms with Crippen LogP contribution in [0.2, 0.25) is 0 Å². The number of carboxylic acid groups (broad SMARTS) is 1. The van der Waals surface area contributed by atoms with Crippen molar-refractivity contribution in [2.75, 3.05) is 0 Å². The van der Waals surface area contributed by atoms with Crippen LogP contribution in [0.25, 0.3) is 0 Å². The molecule has 0 aliphatic rings. The molecule has 0 heterocycles. The number of carbonyl (C=O) groups is 1. The maximum Gasteiger partial charge on any atom is 0.321 e. The molecule has 0 amide bonds. The van der Waals surface area contributed by atoms with Crippen LogP contribution in [-0.2, 0) is 4.79 Å². The van der Waals surface area contributed by atoms with Gasteiger partial charge >= 0.3 is 5.97 Å². The Hall–Kier alpha value is -0.240. The Morgan fingerprint density at radius 2 is 1.92 bits per heavy atom. The Kier molecular flexibility index (Phi) is 7.06. The van der Waals surface area contributed by atoms with Crippen LogP contribution in [0.3, 0.4) is 0 Å². The van der Waals surface area contributed by atoms with Gasteiger partial charge in [-0.25, -0.2) is 0 Å². The van der Waals surface area contributed by atoms with E-state index in [-0.39, 0.29) is 0 Å². The first-order valence-electron chi connectivity index (χ1n) is 4.94. The fourth-order valence-electron chi connectivity index (χ4n) is 1.14. The molecule has 1 N–H and O–H groups in total. The van der Waals surface area contributed by atoms with Crippen molar-refractivity contribution in [1.29, 1.82) is 0 Å². The second-order valence-electron chi connectivity index (χ2n) is 3.60. The molecule has 13 heavy (non-hydrogen) atoms. The largest absolute Gasteiger partial charge is 0.480 e. The van der Waals surface area contributed by atoms with Crippen molar-refractivity contribution >= 4 is 17.6 Å². The van der Waals surface area contributed by atoms with E-state index >= 15 is 0 Å². The highest BCUT2D eigenvalue weighted by Crippen LogP contribution is 2.14. The highest BCUT2D eigenvalue weighted by molar-refractivity contribution is 6.29. The summed E-state index contributed by atoms with van der Waals surface area (Å²) in [6.45, 7) is 4.39. The van der Waals surface area contributed by atoms with Crippen molar-refractivity contribution in [3.63, 3.8) is 0 Å². The third-order valence-corrected chi connectivity index (χ3v) is 2.77. The Balaban J connectivity index is 3.30. The molecule has 0 aromatic rings. The second kappa shape index (κ2) is 7.19. The summed E-state index contributed by atoms with van der Waals surface area (Å²) >= 11 is 5.57. The summed E-state index contributed by atoms with van der Waals surface area (Å²) in [6.07, 6.45) is 4.98. The molecule has 0 rings (SSSR count). The van der Waals surface area contributed by atoms with E-state index in [0.29, 0.717) is 6.42 Å². The Labute approximate surface area is 85.3 Å². The summed E-state index contributed by atoms with van der Waals surface area (Å²) in [5.74, 6) is -0.149. The molecule has 2 unspecified atom stereocenters. The monoisotopic (exact) mass is 206 g/mol. The number of alkyl halides is 1. The van der Waals surface area contributed by atoms with Gasteiger partial charge in [-0.05, 0) is 12.3 Å². The lowest BCUT2D eigenvalue weighted by molar-refractivity contribution is -0.136. The number of carboxylic acids is 1. The smallest absolute Gasteiger partial charge is 0.321 e. The maximum atomic E-state index is 10.4. The minimum absolute atomic E-state index is 0.591. The van der Waals surface area contributed by atoms with Crippen LogP contribution < -0.4 is 0 Å². The number of unbranched alkanes of at least 4 members (excludes halogenated alkanes) is 1. The molecule has 0 aliphatic heterocycles. The number of hydrogen-bond donors (Lipinski definition) is 1. The highest BCUT2D eigenvalue weighted by atomic mass is 35.5. The average Bonchev–Trinajstić information content (AvgIpc) is 2.11. The first kappa shape index (κ1) is 12.8. The molecule has 0 bridgehead atoms. The summed E-state index contributed by atoms with van der Waals surface area (Å²) in [7, 11) is 0. The predicted molar refractivity (Wildman–Crippen MR) is 55.2 cm³/mol. The molecule has 2 nitrogen and oxygen atoms in total. The fraction of sp³-hybridized carbons (Fsp3) is 0.900. The summed E-state index contributed by atoms with van der Waals surface area (Å²) in [6, 6.07) is 0. The van der Waals surface area contributed by atoms with Gasteiger partial charge in [-0.15, -0.1) is 11.6 Å². The van der Waals surface area contributed by atoms with Gasteiger partial charge in [0.2, 0.25) is 0 Å². The third kappa shape index (κ3) is 6.88. The lowest BCUT2D eigenvalue weighted by Crippen LogP contribution is -2.12. The summed E-state index contributed by atoms with van der Waals surface area (Å²) in [5.41, 5.74) is 0. The van der Waals surface area contributed by atoms with Gasteiger partial charge in [-0.1, -0.05) is 39.5 Å². The van der Waals surface area contributed by atoms with Crippen LogP contribution in [-0.4, -0.2) is 16.5 Å². The standard InChI is InChI=1S/C10H19ClO2/c1-3-8(2)6-4-5-7-9(11)10(12)13/h8-9H,3-7H2,1-2H3,(H,12,13). The quantitative estimate of drug-likeness (QED) is 0.513. The molecule has 0 fully saturated rings. The molecule has 2 atom stereocenters. The van der Waals surface area contributed by atoms with Gasteiger partial charge in [-0.3, -0.25) is 4.79 Å².